The van der Waals surface area contributed by atoms with E-state index in [0.29, 0.717) is 54.8 Å². The SMILES string of the molecule is CCCN(Cc1ccc(OCC)c(OCC)c1)C(=O)C(=O)c1c(C)nn(-c2ccccc2)c1C. The zero-order valence-electron chi connectivity index (χ0n) is 20.6. The quantitative estimate of drug-likeness (QED) is 0.298. The summed E-state index contributed by atoms with van der Waals surface area (Å²) in [6.07, 6.45) is 0.732. The Morgan fingerprint density at radius 3 is 2.26 bits per heavy atom. The lowest BCUT2D eigenvalue weighted by Gasteiger charge is -2.22. The van der Waals surface area contributed by atoms with Gasteiger partial charge in [-0.15, -0.1) is 0 Å². The Hall–Kier alpha value is -3.61. The molecular weight excluding hydrogens is 430 g/mol. The molecule has 0 atom stereocenters. The Morgan fingerprint density at radius 2 is 1.62 bits per heavy atom. The van der Waals surface area contributed by atoms with Crippen LogP contribution >= 0.6 is 0 Å². The first-order valence-corrected chi connectivity index (χ1v) is 11.7. The van der Waals surface area contributed by atoms with Crippen LogP contribution in [-0.2, 0) is 11.3 Å². The Labute approximate surface area is 201 Å². The highest BCUT2D eigenvalue weighted by Gasteiger charge is 2.29. The molecule has 3 aromatic rings. The van der Waals surface area contributed by atoms with Gasteiger partial charge in [0.1, 0.15) is 0 Å². The fourth-order valence-corrected chi connectivity index (χ4v) is 3.98. The van der Waals surface area contributed by atoms with Crippen molar-refractivity contribution < 1.29 is 19.1 Å². The van der Waals surface area contributed by atoms with E-state index in [0.717, 1.165) is 17.7 Å². The topological polar surface area (TPSA) is 73.7 Å². The molecule has 7 nitrogen and oxygen atoms in total. The van der Waals surface area contributed by atoms with Gasteiger partial charge in [-0.1, -0.05) is 31.2 Å². The molecule has 180 valence electrons. The molecule has 0 N–H and O–H groups in total. The number of rotatable bonds is 11. The molecule has 2 aromatic carbocycles. The molecule has 0 spiro atoms. The maximum absolute atomic E-state index is 13.4. The summed E-state index contributed by atoms with van der Waals surface area (Å²) in [6, 6.07) is 15.2. The number of ether oxygens (including phenoxy) is 2. The molecule has 0 unspecified atom stereocenters. The highest BCUT2D eigenvalue weighted by molar-refractivity contribution is 6.43. The lowest BCUT2D eigenvalue weighted by molar-refractivity contribution is -0.127. The molecule has 0 aliphatic carbocycles. The monoisotopic (exact) mass is 463 g/mol. The van der Waals surface area contributed by atoms with Crippen LogP contribution < -0.4 is 9.47 Å². The lowest BCUT2D eigenvalue weighted by atomic mass is 10.1. The molecule has 0 radical (unpaired) electrons. The van der Waals surface area contributed by atoms with E-state index >= 15 is 0 Å². The molecule has 0 aliphatic heterocycles. The summed E-state index contributed by atoms with van der Waals surface area (Å²) >= 11 is 0. The largest absolute Gasteiger partial charge is 0.490 e. The lowest BCUT2D eigenvalue weighted by Crippen LogP contribution is -2.37. The molecule has 0 bridgehead atoms. The number of amides is 1. The van der Waals surface area contributed by atoms with Crippen molar-refractivity contribution in [3.8, 4) is 17.2 Å². The third kappa shape index (κ3) is 5.47. The van der Waals surface area contributed by atoms with Gasteiger partial charge in [0.05, 0.1) is 35.9 Å². The summed E-state index contributed by atoms with van der Waals surface area (Å²) in [5.41, 5.74) is 3.26. The van der Waals surface area contributed by atoms with Gasteiger partial charge in [0.25, 0.3) is 11.7 Å². The van der Waals surface area contributed by atoms with Gasteiger partial charge in [-0.2, -0.15) is 5.10 Å². The van der Waals surface area contributed by atoms with Gasteiger partial charge in [-0.3, -0.25) is 9.59 Å². The zero-order chi connectivity index (χ0) is 24.7. The van der Waals surface area contributed by atoms with Crippen LogP contribution in [0.3, 0.4) is 0 Å². The van der Waals surface area contributed by atoms with E-state index < -0.39 is 11.7 Å². The van der Waals surface area contributed by atoms with Crippen LogP contribution in [-0.4, -0.2) is 46.1 Å². The molecule has 1 heterocycles. The molecule has 0 aliphatic rings. The molecule has 0 saturated carbocycles. The van der Waals surface area contributed by atoms with E-state index in [1.54, 1.807) is 16.5 Å². The summed E-state index contributed by atoms with van der Waals surface area (Å²) in [5, 5.41) is 4.53. The van der Waals surface area contributed by atoms with E-state index in [4.69, 9.17) is 9.47 Å². The fraction of sp³-hybridized carbons (Fsp3) is 0.370. The van der Waals surface area contributed by atoms with Crippen molar-refractivity contribution in [2.24, 2.45) is 0 Å². The average molecular weight is 464 g/mol. The maximum Gasteiger partial charge on any atom is 0.295 e. The first kappa shape index (κ1) is 25.0. The minimum atomic E-state index is -0.540. The minimum absolute atomic E-state index is 0.301. The van der Waals surface area contributed by atoms with Crippen molar-refractivity contribution in [3.05, 3.63) is 71.0 Å². The second kappa shape index (κ2) is 11.5. The second-order valence-electron chi connectivity index (χ2n) is 8.00. The molecule has 7 heteroatoms. The van der Waals surface area contributed by atoms with Gasteiger partial charge in [-0.25, -0.2) is 4.68 Å². The van der Waals surface area contributed by atoms with Crippen LogP contribution in [0.25, 0.3) is 5.69 Å². The third-order valence-electron chi connectivity index (χ3n) is 5.48. The molecular formula is C27H33N3O4. The number of para-hydroxylation sites is 1. The van der Waals surface area contributed by atoms with Gasteiger partial charge in [0, 0.05) is 13.1 Å². The van der Waals surface area contributed by atoms with Crippen LogP contribution in [0.15, 0.2) is 48.5 Å². The summed E-state index contributed by atoms with van der Waals surface area (Å²) in [6.45, 7) is 11.2. The Balaban J connectivity index is 1.87. The van der Waals surface area contributed by atoms with E-state index in [9.17, 15) is 9.59 Å². The molecule has 0 saturated heterocycles. The number of aromatic nitrogens is 2. The van der Waals surface area contributed by atoms with Crippen LogP contribution in [0, 0.1) is 13.8 Å². The predicted molar refractivity (Wildman–Crippen MR) is 132 cm³/mol. The average Bonchev–Trinajstić information content (AvgIpc) is 3.14. The van der Waals surface area contributed by atoms with Crippen molar-refractivity contribution >= 4 is 11.7 Å². The highest BCUT2D eigenvalue weighted by atomic mass is 16.5. The van der Waals surface area contributed by atoms with E-state index in [-0.39, 0.29) is 0 Å². The zero-order valence-corrected chi connectivity index (χ0v) is 20.6. The number of hydrogen-bond donors (Lipinski definition) is 0. The van der Waals surface area contributed by atoms with Crippen LogP contribution in [0.4, 0.5) is 0 Å². The van der Waals surface area contributed by atoms with Crippen LogP contribution in [0.1, 0.15) is 54.5 Å². The number of carbonyl (C=O) groups excluding carboxylic acids is 2. The van der Waals surface area contributed by atoms with E-state index in [1.807, 2.05) is 76.2 Å². The van der Waals surface area contributed by atoms with Crippen molar-refractivity contribution in [2.45, 2.75) is 47.6 Å². The Morgan fingerprint density at radius 1 is 0.941 bits per heavy atom. The summed E-state index contributed by atoms with van der Waals surface area (Å²) < 4.78 is 13.1. The fourth-order valence-electron chi connectivity index (χ4n) is 3.98. The number of carbonyl (C=O) groups is 2. The maximum atomic E-state index is 13.4. The van der Waals surface area contributed by atoms with E-state index in [1.165, 1.54) is 0 Å². The normalized spacial score (nSPS) is 10.7. The predicted octanol–water partition coefficient (Wildman–Crippen LogP) is 4.91. The van der Waals surface area contributed by atoms with Gasteiger partial charge < -0.3 is 14.4 Å². The van der Waals surface area contributed by atoms with Crippen molar-refractivity contribution in [1.82, 2.24) is 14.7 Å². The van der Waals surface area contributed by atoms with E-state index in [2.05, 4.69) is 5.10 Å². The number of Topliss-reactive ketones (excluding diaryl/α,β-unsaturated/α-hetero) is 1. The molecule has 34 heavy (non-hydrogen) atoms. The first-order chi connectivity index (χ1) is 16.4. The number of hydrogen-bond acceptors (Lipinski definition) is 5. The summed E-state index contributed by atoms with van der Waals surface area (Å²) in [4.78, 5) is 28.3. The summed E-state index contributed by atoms with van der Waals surface area (Å²) in [5.74, 6) is 0.221. The van der Waals surface area contributed by atoms with Crippen molar-refractivity contribution in [3.63, 3.8) is 0 Å². The number of benzene rings is 2. The Kier molecular flexibility index (Phi) is 8.46. The van der Waals surface area contributed by atoms with Gasteiger partial charge in [0.2, 0.25) is 0 Å². The minimum Gasteiger partial charge on any atom is -0.490 e. The van der Waals surface area contributed by atoms with Crippen molar-refractivity contribution in [2.75, 3.05) is 19.8 Å². The Bertz CT molecular complexity index is 1140. The van der Waals surface area contributed by atoms with Crippen LogP contribution in [0.5, 0.6) is 11.5 Å². The number of nitrogens with zero attached hydrogens (tertiary/aromatic N) is 3. The highest BCUT2D eigenvalue weighted by Crippen LogP contribution is 2.29. The number of ketones is 1. The second-order valence-corrected chi connectivity index (χ2v) is 8.00. The molecule has 3 rings (SSSR count). The first-order valence-electron chi connectivity index (χ1n) is 11.7. The molecule has 0 fully saturated rings. The molecule has 1 amide bonds. The number of aryl methyl sites for hydroxylation is 1. The summed E-state index contributed by atoms with van der Waals surface area (Å²) in [7, 11) is 0. The van der Waals surface area contributed by atoms with Gasteiger partial charge >= 0.3 is 0 Å². The smallest absolute Gasteiger partial charge is 0.295 e. The van der Waals surface area contributed by atoms with Crippen LogP contribution in [0.2, 0.25) is 0 Å². The standard InChI is InChI=1S/C27H33N3O4/c1-6-16-29(18-21-14-15-23(33-7-2)24(17-21)34-8-3)27(32)26(31)25-19(4)28-30(20(25)5)22-12-10-9-11-13-22/h9-15,17H,6-8,16,18H2,1-5H3. The third-order valence-corrected chi connectivity index (χ3v) is 5.48. The van der Waals surface area contributed by atoms with Gasteiger partial charge in [-0.05, 0) is 63.9 Å². The van der Waals surface area contributed by atoms with Gasteiger partial charge in [0.15, 0.2) is 11.5 Å². The van der Waals surface area contributed by atoms with Crippen molar-refractivity contribution in [1.29, 1.82) is 0 Å². The molecule has 1 aromatic heterocycles.